The molecule has 2 unspecified atom stereocenters. The van der Waals surface area contributed by atoms with Gasteiger partial charge in [-0.25, -0.2) is 4.98 Å². The van der Waals surface area contributed by atoms with Gasteiger partial charge >= 0.3 is 0 Å². The first kappa shape index (κ1) is 13.8. The summed E-state index contributed by atoms with van der Waals surface area (Å²) in [5.41, 5.74) is 6.77. The molecule has 2 N–H and O–H groups in total. The van der Waals surface area contributed by atoms with E-state index >= 15 is 0 Å². The lowest BCUT2D eigenvalue weighted by molar-refractivity contribution is -0.385. The standard InChI is InChI=1S/C13H17BrN4O2/c1-7-11(18(19)20)6-16-13(12(7)14)17-9-2-3-10(17)5-8(15)4-9/h6,8-10H,2-5,15H2,1H3. The number of nitrogens with two attached hydrogens (primary N) is 1. The number of hydrogen-bond donors (Lipinski definition) is 1. The monoisotopic (exact) mass is 340 g/mol. The Morgan fingerprint density at radius 3 is 2.60 bits per heavy atom. The molecular weight excluding hydrogens is 324 g/mol. The Morgan fingerprint density at radius 1 is 1.45 bits per heavy atom. The van der Waals surface area contributed by atoms with E-state index in [1.165, 1.54) is 6.20 Å². The van der Waals surface area contributed by atoms with Crippen LogP contribution in [-0.4, -0.2) is 28.0 Å². The SMILES string of the molecule is Cc1c([N+](=O)[O-])cnc(N2C3CCC2CC(N)C3)c1Br. The van der Waals surface area contributed by atoms with Crippen LogP contribution in [0.4, 0.5) is 11.5 Å². The third-order valence-corrected chi connectivity index (χ3v) is 5.38. The molecule has 0 aliphatic carbocycles. The van der Waals surface area contributed by atoms with Crippen molar-refractivity contribution in [3.63, 3.8) is 0 Å². The molecule has 6 nitrogen and oxygen atoms in total. The number of rotatable bonds is 2. The van der Waals surface area contributed by atoms with Gasteiger partial charge in [0.25, 0.3) is 5.69 Å². The Bertz CT molecular complexity index is 552. The van der Waals surface area contributed by atoms with Gasteiger partial charge < -0.3 is 10.6 Å². The van der Waals surface area contributed by atoms with Gasteiger partial charge in [-0.2, -0.15) is 0 Å². The molecule has 3 heterocycles. The van der Waals surface area contributed by atoms with Crippen molar-refractivity contribution in [3.05, 3.63) is 26.3 Å². The van der Waals surface area contributed by atoms with Gasteiger partial charge in [-0.1, -0.05) is 0 Å². The fourth-order valence-corrected chi connectivity index (χ4v) is 4.00. The van der Waals surface area contributed by atoms with E-state index in [0.717, 1.165) is 36.0 Å². The summed E-state index contributed by atoms with van der Waals surface area (Å²) < 4.78 is 0.735. The number of halogens is 1. The molecule has 0 saturated carbocycles. The number of anilines is 1. The van der Waals surface area contributed by atoms with Crippen LogP contribution in [0.3, 0.4) is 0 Å². The van der Waals surface area contributed by atoms with Gasteiger partial charge in [-0.05, 0) is 48.5 Å². The van der Waals surface area contributed by atoms with Crippen LogP contribution < -0.4 is 10.6 Å². The third kappa shape index (κ3) is 2.09. The van der Waals surface area contributed by atoms with Gasteiger partial charge in [0.1, 0.15) is 12.0 Å². The van der Waals surface area contributed by atoms with Crippen molar-refractivity contribution >= 4 is 27.4 Å². The molecule has 0 radical (unpaired) electrons. The van der Waals surface area contributed by atoms with Crippen LogP contribution >= 0.6 is 15.9 Å². The molecule has 2 bridgehead atoms. The van der Waals surface area contributed by atoms with Crippen molar-refractivity contribution in [1.82, 2.24) is 4.98 Å². The third-order valence-electron chi connectivity index (χ3n) is 4.43. The van der Waals surface area contributed by atoms with Crippen LogP contribution in [0.25, 0.3) is 0 Å². The lowest BCUT2D eigenvalue weighted by Crippen LogP contribution is -2.48. The van der Waals surface area contributed by atoms with Crippen molar-refractivity contribution in [2.45, 2.75) is 50.7 Å². The molecule has 0 amide bonds. The zero-order valence-corrected chi connectivity index (χ0v) is 12.8. The molecule has 20 heavy (non-hydrogen) atoms. The summed E-state index contributed by atoms with van der Waals surface area (Å²) in [7, 11) is 0. The average molecular weight is 341 g/mol. The first-order valence-corrected chi connectivity index (χ1v) is 7.61. The van der Waals surface area contributed by atoms with Gasteiger partial charge in [-0.15, -0.1) is 0 Å². The maximum atomic E-state index is 11.0. The zero-order valence-electron chi connectivity index (χ0n) is 11.3. The van der Waals surface area contributed by atoms with E-state index in [4.69, 9.17) is 5.73 Å². The predicted octanol–water partition coefficient (Wildman–Crippen LogP) is 2.52. The van der Waals surface area contributed by atoms with Crippen molar-refractivity contribution in [3.8, 4) is 0 Å². The van der Waals surface area contributed by atoms with Crippen LogP contribution in [0.15, 0.2) is 10.7 Å². The summed E-state index contributed by atoms with van der Waals surface area (Å²) in [4.78, 5) is 17.2. The second-order valence-corrected chi connectivity index (χ2v) is 6.48. The second kappa shape index (κ2) is 4.96. The molecule has 2 fully saturated rings. The van der Waals surface area contributed by atoms with E-state index in [1.807, 2.05) is 0 Å². The number of aromatic nitrogens is 1. The Morgan fingerprint density at radius 2 is 2.05 bits per heavy atom. The fourth-order valence-electron chi connectivity index (χ4n) is 3.48. The summed E-state index contributed by atoms with van der Waals surface area (Å²) in [6.07, 6.45) is 5.57. The predicted molar refractivity (Wildman–Crippen MR) is 79.8 cm³/mol. The van der Waals surface area contributed by atoms with Crippen molar-refractivity contribution < 1.29 is 4.92 Å². The van der Waals surface area contributed by atoms with E-state index in [1.54, 1.807) is 6.92 Å². The van der Waals surface area contributed by atoms with E-state index in [0.29, 0.717) is 17.6 Å². The molecule has 2 aliphatic heterocycles. The Balaban J connectivity index is 2.00. The summed E-state index contributed by atoms with van der Waals surface area (Å²) in [6.45, 7) is 1.75. The normalized spacial score (nSPS) is 28.8. The molecule has 1 aromatic heterocycles. The summed E-state index contributed by atoms with van der Waals surface area (Å²) >= 11 is 3.49. The highest BCUT2D eigenvalue weighted by molar-refractivity contribution is 9.10. The van der Waals surface area contributed by atoms with Gasteiger partial charge in [0, 0.05) is 23.7 Å². The molecule has 108 valence electrons. The van der Waals surface area contributed by atoms with Gasteiger partial charge in [-0.3, -0.25) is 10.1 Å². The summed E-state index contributed by atoms with van der Waals surface area (Å²) in [6, 6.07) is 1.09. The number of nitro groups is 1. The van der Waals surface area contributed by atoms with E-state index in [9.17, 15) is 10.1 Å². The first-order valence-electron chi connectivity index (χ1n) is 6.82. The lowest BCUT2D eigenvalue weighted by atomic mass is 9.98. The first-order chi connectivity index (χ1) is 9.49. The highest BCUT2D eigenvalue weighted by Gasteiger charge is 2.41. The van der Waals surface area contributed by atoms with E-state index in [2.05, 4.69) is 25.8 Å². The van der Waals surface area contributed by atoms with Gasteiger partial charge in [0.05, 0.1) is 9.40 Å². The molecule has 7 heteroatoms. The van der Waals surface area contributed by atoms with E-state index in [-0.39, 0.29) is 11.7 Å². The lowest BCUT2D eigenvalue weighted by Gasteiger charge is -2.39. The van der Waals surface area contributed by atoms with Crippen LogP contribution in [-0.2, 0) is 0 Å². The summed E-state index contributed by atoms with van der Waals surface area (Å²) in [5, 5.41) is 11.0. The minimum Gasteiger partial charge on any atom is -0.350 e. The molecule has 2 atom stereocenters. The van der Waals surface area contributed by atoms with Crippen molar-refractivity contribution in [2.75, 3.05) is 4.90 Å². The van der Waals surface area contributed by atoms with Gasteiger partial charge in [0.15, 0.2) is 0 Å². The second-order valence-electron chi connectivity index (χ2n) is 5.69. The molecule has 0 aromatic carbocycles. The summed E-state index contributed by atoms with van der Waals surface area (Å²) in [5.74, 6) is 0.826. The Hall–Kier alpha value is -1.21. The van der Waals surface area contributed by atoms with Crippen molar-refractivity contribution in [1.29, 1.82) is 0 Å². The Labute approximate surface area is 125 Å². The topological polar surface area (TPSA) is 85.3 Å². The largest absolute Gasteiger partial charge is 0.350 e. The van der Waals surface area contributed by atoms with Crippen LogP contribution in [0, 0.1) is 17.0 Å². The minimum atomic E-state index is -0.391. The van der Waals surface area contributed by atoms with E-state index < -0.39 is 4.92 Å². The van der Waals surface area contributed by atoms with Crippen LogP contribution in [0.5, 0.6) is 0 Å². The number of piperidine rings is 1. The molecule has 1 aromatic rings. The molecule has 2 aliphatic rings. The number of nitrogens with zero attached hydrogens (tertiary/aromatic N) is 3. The highest BCUT2D eigenvalue weighted by Crippen LogP contribution is 2.42. The number of pyridine rings is 1. The quantitative estimate of drug-likeness (QED) is 0.660. The van der Waals surface area contributed by atoms with Gasteiger partial charge in [0.2, 0.25) is 0 Å². The molecule has 3 rings (SSSR count). The molecular formula is C13H17BrN4O2. The fraction of sp³-hybridized carbons (Fsp3) is 0.615. The average Bonchev–Trinajstić information content (AvgIpc) is 2.65. The molecule has 2 saturated heterocycles. The molecule has 0 spiro atoms. The van der Waals surface area contributed by atoms with Crippen LogP contribution in [0.1, 0.15) is 31.2 Å². The maximum Gasteiger partial charge on any atom is 0.291 e. The highest BCUT2D eigenvalue weighted by atomic mass is 79.9. The maximum absolute atomic E-state index is 11.0. The number of hydrogen-bond acceptors (Lipinski definition) is 5. The Kier molecular flexibility index (Phi) is 3.41. The van der Waals surface area contributed by atoms with Crippen molar-refractivity contribution in [2.24, 2.45) is 5.73 Å². The van der Waals surface area contributed by atoms with Crippen LogP contribution in [0.2, 0.25) is 0 Å². The number of fused-ring (bicyclic) bond motifs is 2. The smallest absolute Gasteiger partial charge is 0.291 e. The zero-order chi connectivity index (χ0) is 14.4. The minimum absolute atomic E-state index is 0.0571.